The molecule has 2 aromatic rings. The molecule has 2 N–H and O–H groups in total. The van der Waals surface area contributed by atoms with Gasteiger partial charge in [0.15, 0.2) is 5.78 Å². The number of nitrogens with zero attached hydrogens (tertiary/aromatic N) is 1. The Bertz CT molecular complexity index is 802. The molecule has 0 heterocycles. The van der Waals surface area contributed by atoms with E-state index in [1.54, 1.807) is 42.5 Å². The predicted molar refractivity (Wildman–Crippen MR) is 94.8 cm³/mol. The van der Waals surface area contributed by atoms with Gasteiger partial charge in [-0.3, -0.25) is 14.9 Å². The molecule has 2 aromatic carbocycles. The minimum absolute atomic E-state index is 0.112. The van der Waals surface area contributed by atoms with Crippen molar-refractivity contribution in [2.75, 3.05) is 11.9 Å². The summed E-state index contributed by atoms with van der Waals surface area (Å²) in [7, 11) is 0. The summed E-state index contributed by atoms with van der Waals surface area (Å²) in [6.07, 6.45) is 1.98. The highest BCUT2D eigenvalue weighted by molar-refractivity contribution is 6.09. The van der Waals surface area contributed by atoms with Crippen LogP contribution in [0.1, 0.15) is 35.7 Å². The quantitative estimate of drug-likeness (QED) is 0.458. The molecular weight excluding hydrogens is 320 g/mol. The predicted octanol–water partition coefficient (Wildman–Crippen LogP) is 3.40. The van der Waals surface area contributed by atoms with E-state index in [0.717, 1.165) is 12.8 Å². The van der Waals surface area contributed by atoms with Crippen molar-refractivity contribution < 1.29 is 14.8 Å². The van der Waals surface area contributed by atoms with Crippen molar-refractivity contribution in [1.29, 1.82) is 0 Å². The summed E-state index contributed by atoms with van der Waals surface area (Å²) in [4.78, 5) is 23.5. The summed E-state index contributed by atoms with van der Waals surface area (Å²) in [6, 6.07) is 13.1. The molecule has 0 bridgehead atoms. The van der Waals surface area contributed by atoms with E-state index >= 15 is 0 Å². The first-order chi connectivity index (χ1) is 11.9. The summed E-state index contributed by atoms with van der Waals surface area (Å²) < 4.78 is 0. The Hall–Kier alpha value is -2.73. The normalized spacial score (nSPS) is 16.1. The lowest BCUT2D eigenvalue weighted by Crippen LogP contribution is -2.41. The Kier molecular flexibility index (Phi) is 4.55. The smallest absolute Gasteiger partial charge is 0.293 e. The summed E-state index contributed by atoms with van der Waals surface area (Å²) >= 11 is 0. The fourth-order valence-corrected chi connectivity index (χ4v) is 2.98. The number of hydrogen-bond donors (Lipinski definition) is 2. The molecule has 0 saturated heterocycles. The van der Waals surface area contributed by atoms with Gasteiger partial charge >= 0.3 is 0 Å². The third-order valence-corrected chi connectivity index (χ3v) is 4.72. The molecule has 0 aliphatic heterocycles. The van der Waals surface area contributed by atoms with E-state index in [2.05, 4.69) is 5.32 Å². The van der Waals surface area contributed by atoms with Gasteiger partial charge in [0.05, 0.1) is 17.1 Å². The lowest BCUT2D eigenvalue weighted by molar-refractivity contribution is -0.384. The summed E-state index contributed by atoms with van der Waals surface area (Å²) in [5, 5.41) is 24.3. The van der Waals surface area contributed by atoms with Gasteiger partial charge in [-0.05, 0) is 37.8 Å². The number of carbonyl (C=O) groups excluding carboxylic acids is 1. The lowest BCUT2D eigenvalue weighted by Gasteiger charge is -2.29. The van der Waals surface area contributed by atoms with Gasteiger partial charge in [0.1, 0.15) is 5.69 Å². The van der Waals surface area contributed by atoms with E-state index in [4.69, 9.17) is 0 Å². The summed E-state index contributed by atoms with van der Waals surface area (Å²) in [6.45, 7) is 1.75. The highest BCUT2D eigenvalue weighted by Crippen LogP contribution is 2.42. The van der Waals surface area contributed by atoms with Crippen LogP contribution in [0, 0.1) is 16.0 Å². The number of ketones is 1. The van der Waals surface area contributed by atoms with E-state index in [9.17, 15) is 20.0 Å². The van der Waals surface area contributed by atoms with Crippen LogP contribution in [-0.4, -0.2) is 28.0 Å². The third-order valence-electron chi connectivity index (χ3n) is 4.72. The van der Waals surface area contributed by atoms with Crippen LogP contribution in [0.3, 0.4) is 0 Å². The van der Waals surface area contributed by atoms with Crippen molar-refractivity contribution in [2.24, 2.45) is 5.92 Å². The molecule has 1 atom stereocenters. The van der Waals surface area contributed by atoms with Gasteiger partial charge in [-0.2, -0.15) is 0 Å². The molecule has 1 saturated carbocycles. The monoisotopic (exact) mass is 340 g/mol. The zero-order chi connectivity index (χ0) is 18.0. The number of nitro groups is 1. The van der Waals surface area contributed by atoms with Crippen LogP contribution in [-0.2, 0) is 0 Å². The standard InChI is InChI=1S/C19H20N2O4/c1-19(12-22,15-8-9-15)20-16-10-7-14(11-17(16)21(24)25)18(23)13-5-3-2-4-6-13/h2-7,10-11,15,20,22H,8-9,12H2,1H3. The number of nitrogens with one attached hydrogen (secondary N) is 1. The maximum Gasteiger partial charge on any atom is 0.293 e. The molecule has 0 amide bonds. The minimum Gasteiger partial charge on any atom is -0.394 e. The topological polar surface area (TPSA) is 92.5 Å². The molecule has 0 spiro atoms. The average molecular weight is 340 g/mol. The van der Waals surface area contributed by atoms with Gasteiger partial charge in [0.2, 0.25) is 0 Å². The Morgan fingerprint density at radius 1 is 1.24 bits per heavy atom. The summed E-state index contributed by atoms with van der Waals surface area (Å²) in [5.74, 6) is 0.0325. The highest BCUT2D eigenvalue weighted by atomic mass is 16.6. The van der Waals surface area contributed by atoms with Crippen molar-refractivity contribution in [3.63, 3.8) is 0 Å². The molecule has 6 heteroatoms. The molecule has 1 aliphatic carbocycles. The molecule has 0 aromatic heterocycles. The number of benzene rings is 2. The number of rotatable bonds is 7. The summed E-state index contributed by atoms with van der Waals surface area (Å²) in [5.41, 5.74) is 0.298. The maximum absolute atomic E-state index is 12.5. The third kappa shape index (κ3) is 3.53. The molecule has 25 heavy (non-hydrogen) atoms. The molecule has 1 aliphatic rings. The van der Waals surface area contributed by atoms with Gasteiger partial charge in [0, 0.05) is 17.2 Å². The van der Waals surface area contributed by atoms with E-state index in [-0.39, 0.29) is 23.6 Å². The average Bonchev–Trinajstić information content (AvgIpc) is 3.47. The van der Waals surface area contributed by atoms with Crippen LogP contribution >= 0.6 is 0 Å². The van der Waals surface area contributed by atoms with Gasteiger partial charge in [-0.15, -0.1) is 0 Å². The maximum atomic E-state index is 12.5. The number of anilines is 1. The second-order valence-electron chi connectivity index (χ2n) is 6.66. The van der Waals surface area contributed by atoms with Gasteiger partial charge in [-0.1, -0.05) is 30.3 Å². The molecule has 6 nitrogen and oxygen atoms in total. The molecule has 1 fully saturated rings. The number of aliphatic hydroxyl groups is 1. The Morgan fingerprint density at radius 3 is 2.48 bits per heavy atom. The van der Waals surface area contributed by atoms with Crippen LogP contribution < -0.4 is 5.32 Å². The van der Waals surface area contributed by atoms with E-state index < -0.39 is 10.5 Å². The van der Waals surface area contributed by atoms with Crippen LogP contribution in [0.25, 0.3) is 0 Å². The van der Waals surface area contributed by atoms with Crippen molar-refractivity contribution in [1.82, 2.24) is 0 Å². The lowest BCUT2D eigenvalue weighted by atomic mass is 9.95. The van der Waals surface area contributed by atoms with E-state index in [0.29, 0.717) is 17.2 Å². The number of nitro benzene ring substituents is 1. The fourth-order valence-electron chi connectivity index (χ4n) is 2.98. The fraction of sp³-hybridized carbons (Fsp3) is 0.316. The largest absolute Gasteiger partial charge is 0.394 e. The first-order valence-electron chi connectivity index (χ1n) is 8.22. The molecular formula is C19H20N2O4. The van der Waals surface area contributed by atoms with Crippen LogP contribution in [0.2, 0.25) is 0 Å². The Balaban J connectivity index is 1.93. The zero-order valence-corrected chi connectivity index (χ0v) is 13.9. The van der Waals surface area contributed by atoms with Gasteiger partial charge < -0.3 is 10.4 Å². The van der Waals surface area contributed by atoms with E-state index in [1.807, 2.05) is 6.92 Å². The zero-order valence-electron chi connectivity index (χ0n) is 13.9. The first kappa shape index (κ1) is 17.1. The van der Waals surface area contributed by atoms with Crippen molar-refractivity contribution in [3.8, 4) is 0 Å². The van der Waals surface area contributed by atoms with Crippen molar-refractivity contribution in [3.05, 3.63) is 69.8 Å². The van der Waals surface area contributed by atoms with Gasteiger partial charge in [-0.25, -0.2) is 0 Å². The van der Waals surface area contributed by atoms with Crippen molar-refractivity contribution in [2.45, 2.75) is 25.3 Å². The van der Waals surface area contributed by atoms with Crippen LogP contribution in [0.4, 0.5) is 11.4 Å². The first-order valence-corrected chi connectivity index (χ1v) is 8.22. The number of carbonyl (C=O) groups is 1. The van der Waals surface area contributed by atoms with Gasteiger partial charge in [0.25, 0.3) is 5.69 Å². The second kappa shape index (κ2) is 6.64. The Labute approximate surface area is 145 Å². The second-order valence-corrected chi connectivity index (χ2v) is 6.66. The number of aliphatic hydroxyl groups excluding tert-OH is 1. The SMILES string of the molecule is CC(CO)(Nc1ccc(C(=O)c2ccccc2)cc1[N+](=O)[O-])C1CC1. The van der Waals surface area contributed by atoms with Crippen molar-refractivity contribution >= 4 is 17.2 Å². The molecule has 1 unspecified atom stereocenters. The molecule has 3 rings (SSSR count). The molecule has 0 radical (unpaired) electrons. The minimum atomic E-state index is -0.601. The van der Waals surface area contributed by atoms with Crippen LogP contribution in [0.15, 0.2) is 48.5 Å². The van der Waals surface area contributed by atoms with Crippen LogP contribution in [0.5, 0.6) is 0 Å². The number of hydrogen-bond acceptors (Lipinski definition) is 5. The molecule has 130 valence electrons. The Morgan fingerprint density at radius 2 is 1.92 bits per heavy atom. The van der Waals surface area contributed by atoms with E-state index in [1.165, 1.54) is 6.07 Å². The highest BCUT2D eigenvalue weighted by Gasteiger charge is 2.42.